The number of ether oxygens (including phenoxy) is 2. The summed E-state index contributed by atoms with van der Waals surface area (Å²) in [5, 5.41) is 4.34. The topological polar surface area (TPSA) is 72.4 Å². The monoisotopic (exact) mass is 365 g/mol. The fraction of sp³-hybridized carbons (Fsp3) is 0.350. The Morgan fingerprint density at radius 2 is 1.85 bits per heavy atom. The van der Waals surface area contributed by atoms with E-state index in [4.69, 9.17) is 19.4 Å². The number of nitrogens with zero attached hydrogens (tertiary/aromatic N) is 4. The first kappa shape index (κ1) is 17.3. The lowest BCUT2D eigenvalue weighted by Gasteiger charge is -2.19. The van der Waals surface area contributed by atoms with Gasteiger partial charge in [0.1, 0.15) is 5.82 Å². The van der Waals surface area contributed by atoms with Crippen LogP contribution in [0.4, 0.5) is 11.8 Å². The molecule has 1 saturated heterocycles. The Morgan fingerprint density at radius 1 is 1.07 bits per heavy atom. The minimum absolute atomic E-state index is 0.633. The molecule has 0 atom stereocenters. The summed E-state index contributed by atoms with van der Waals surface area (Å²) in [5.74, 6) is 2.86. The summed E-state index contributed by atoms with van der Waals surface area (Å²) < 4.78 is 10.9. The lowest BCUT2D eigenvalue weighted by Crippen LogP contribution is -2.21. The van der Waals surface area contributed by atoms with Gasteiger partial charge in [0.15, 0.2) is 11.5 Å². The SMILES string of the molecule is COc1cc2nc(N3CCCC3)nc(NCc3cccnc3)c2cc1OC. The Labute approximate surface area is 158 Å². The lowest BCUT2D eigenvalue weighted by molar-refractivity contribution is 0.356. The molecule has 1 fully saturated rings. The number of pyridine rings is 1. The fourth-order valence-electron chi connectivity index (χ4n) is 3.33. The number of aromatic nitrogens is 3. The first-order valence-electron chi connectivity index (χ1n) is 9.10. The highest BCUT2D eigenvalue weighted by atomic mass is 16.5. The average Bonchev–Trinajstić information content (AvgIpc) is 3.26. The van der Waals surface area contributed by atoms with Crippen molar-refractivity contribution in [2.45, 2.75) is 19.4 Å². The van der Waals surface area contributed by atoms with Crippen LogP contribution in [0.5, 0.6) is 11.5 Å². The van der Waals surface area contributed by atoms with Gasteiger partial charge in [-0.3, -0.25) is 4.98 Å². The van der Waals surface area contributed by atoms with E-state index in [0.717, 1.165) is 41.3 Å². The second-order valence-corrected chi connectivity index (χ2v) is 6.51. The zero-order chi connectivity index (χ0) is 18.6. The first-order chi connectivity index (χ1) is 13.3. The molecule has 1 aliphatic rings. The molecule has 1 aromatic carbocycles. The van der Waals surface area contributed by atoms with Crippen molar-refractivity contribution in [1.29, 1.82) is 0 Å². The molecule has 3 aromatic rings. The molecule has 0 aliphatic carbocycles. The fourth-order valence-corrected chi connectivity index (χ4v) is 3.33. The van der Waals surface area contributed by atoms with Gasteiger partial charge in [0, 0.05) is 43.5 Å². The van der Waals surface area contributed by atoms with Gasteiger partial charge in [0.05, 0.1) is 19.7 Å². The number of anilines is 2. The average molecular weight is 365 g/mol. The Hall–Kier alpha value is -3.09. The summed E-state index contributed by atoms with van der Waals surface area (Å²) in [4.78, 5) is 16.0. The minimum Gasteiger partial charge on any atom is -0.493 e. The summed E-state index contributed by atoms with van der Waals surface area (Å²) in [6.07, 6.45) is 5.96. The lowest BCUT2D eigenvalue weighted by atomic mass is 10.2. The van der Waals surface area contributed by atoms with Crippen LogP contribution in [0.1, 0.15) is 18.4 Å². The molecule has 140 valence electrons. The number of hydrogen-bond acceptors (Lipinski definition) is 7. The number of rotatable bonds is 6. The maximum absolute atomic E-state index is 5.46. The van der Waals surface area contributed by atoms with Gasteiger partial charge >= 0.3 is 0 Å². The van der Waals surface area contributed by atoms with E-state index >= 15 is 0 Å². The number of nitrogens with one attached hydrogen (secondary N) is 1. The van der Waals surface area contributed by atoms with E-state index in [1.165, 1.54) is 12.8 Å². The summed E-state index contributed by atoms with van der Waals surface area (Å²) in [6.45, 7) is 2.61. The molecule has 7 nitrogen and oxygen atoms in total. The van der Waals surface area contributed by atoms with E-state index in [1.54, 1.807) is 20.4 Å². The largest absolute Gasteiger partial charge is 0.493 e. The molecule has 0 spiro atoms. The maximum atomic E-state index is 5.46. The highest BCUT2D eigenvalue weighted by molar-refractivity contribution is 5.92. The van der Waals surface area contributed by atoms with Crippen molar-refractivity contribution in [2.24, 2.45) is 0 Å². The number of fused-ring (bicyclic) bond motifs is 1. The van der Waals surface area contributed by atoms with Crippen molar-refractivity contribution in [3.05, 3.63) is 42.2 Å². The third-order valence-corrected chi connectivity index (χ3v) is 4.76. The van der Waals surface area contributed by atoms with Gasteiger partial charge in [0.2, 0.25) is 5.95 Å². The zero-order valence-corrected chi connectivity index (χ0v) is 15.6. The normalized spacial score (nSPS) is 13.8. The Morgan fingerprint density at radius 3 is 2.56 bits per heavy atom. The molecule has 3 heterocycles. The first-order valence-corrected chi connectivity index (χ1v) is 9.10. The van der Waals surface area contributed by atoms with Gasteiger partial charge in [-0.1, -0.05) is 6.07 Å². The molecule has 0 bridgehead atoms. The molecule has 4 rings (SSSR count). The van der Waals surface area contributed by atoms with E-state index in [1.807, 2.05) is 30.5 Å². The van der Waals surface area contributed by atoms with Crippen LogP contribution in [0, 0.1) is 0 Å². The predicted octanol–water partition coefficient (Wildman–Crippen LogP) is 3.25. The molecule has 0 amide bonds. The molecule has 7 heteroatoms. The van der Waals surface area contributed by atoms with E-state index in [-0.39, 0.29) is 0 Å². The van der Waals surface area contributed by atoms with Crippen molar-refractivity contribution in [3.8, 4) is 11.5 Å². The van der Waals surface area contributed by atoms with Crippen molar-refractivity contribution in [2.75, 3.05) is 37.5 Å². The second kappa shape index (κ2) is 7.65. The summed E-state index contributed by atoms with van der Waals surface area (Å²) in [6, 6.07) is 7.80. The second-order valence-electron chi connectivity index (χ2n) is 6.51. The van der Waals surface area contributed by atoms with Crippen molar-refractivity contribution in [3.63, 3.8) is 0 Å². The maximum Gasteiger partial charge on any atom is 0.227 e. The number of benzene rings is 1. The summed E-state index contributed by atoms with van der Waals surface area (Å²) >= 11 is 0. The third kappa shape index (κ3) is 3.58. The highest BCUT2D eigenvalue weighted by Crippen LogP contribution is 2.35. The van der Waals surface area contributed by atoms with Gasteiger partial charge in [-0.15, -0.1) is 0 Å². The van der Waals surface area contributed by atoms with Gasteiger partial charge in [-0.25, -0.2) is 4.98 Å². The predicted molar refractivity (Wildman–Crippen MR) is 106 cm³/mol. The van der Waals surface area contributed by atoms with E-state index in [0.29, 0.717) is 18.0 Å². The standard InChI is InChI=1S/C20H23N5O2/c1-26-17-10-15-16(11-18(17)27-2)23-20(25-8-3-4-9-25)24-19(15)22-13-14-6-5-7-21-12-14/h5-7,10-12H,3-4,8-9,13H2,1-2H3,(H,22,23,24). The van der Waals surface area contributed by atoms with Crippen LogP contribution < -0.4 is 19.7 Å². The van der Waals surface area contributed by atoms with Gasteiger partial charge in [-0.2, -0.15) is 4.98 Å². The van der Waals surface area contributed by atoms with Crippen LogP contribution in [0.25, 0.3) is 10.9 Å². The van der Waals surface area contributed by atoms with Crippen LogP contribution in [0.2, 0.25) is 0 Å². The molecule has 1 aliphatic heterocycles. The van der Waals surface area contributed by atoms with Gasteiger partial charge in [-0.05, 0) is 30.5 Å². The number of methoxy groups -OCH3 is 2. The van der Waals surface area contributed by atoms with Crippen molar-refractivity contribution >= 4 is 22.7 Å². The van der Waals surface area contributed by atoms with Crippen molar-refractivity contribution in [1.82, 2.24) is 15.0 Å². The highest BCUT2D eigenvalue weighted by Gasteiger charge is 2.19. The molecule has 0 radical (unpaired) electrons. The van der Waals surface area contributed by atoms with E-state index in [9.17, 15) is 0 Å². The third-order valence-electron chi connectivity index (χ3n) is 4.76. The van der Waals surface area contributed by atoms with Gasteiger partial charge < -0.3 is 19.7 Å². The smallest absolute Gasteiger partial charge is 0.227 e. The molecule has 0 saturated carbocycles. The molecule has 0 unspecified atom stereocenters. The van der Waals surface area contributed by atoms with Crippen LogP contribution in [-0.2, 0) is 6.54 Å². The Balaban J connectivity index is 1.77. The minimum atomic E-state index is 0.633. The number of hydrogen-bond donors (Lipinski definition) is 1. The van der Waals surface area contributed by atoms with Crippen LogP contribution in [-0.4, -0.2) is 42.3 Å². The van der Waals surface area contributed by atoms with Crippen LogP contribution in [0.15, 0.2) is 36.7 Å². The van der Waals surface area contributed by atoms with Crippen LogP contribution in [0.3, 0.4) is 0 Å². The van der Waals surface area contributed by atoms with E-state index in [2.05, 4.69) is 15.2 Å². The zero-order valence-electron chi connectivity index (χ0n) is 15.6. The molecule has 27 heavy (non-hydrogen) atoms. The van der Waals surface area contributed by atoms with Crippen LogP contribution >= 0.6 is 0 Å². The molecule has 1 N–H and O–H groups in total. The molecular formula is C20H23N5O2. The molecular weight excluding hydrogens is 342 g/mol. The summed E-state index contributed by atoms with van der Waals surface area (Å²) in [5.41, 5.74) is 1.92. The Kier molecular flexibility index (Phi) is 4.91. The van der Waals surface area contributed by atoms with E-state index < -0.39 is 0 Å². The Bertz CT molecular complexity index is 927. The van der Waals surface area contributed by atoms with Crippen molar-refractivity contribution < 1.29 is 9.47 Å². The molecule has 2 aromatic heterocycles. The van der Waals surface area contributed by atoms with Gasteiger partial charge in [0.25, 0.3) is 0 Å². The quantitative estimate of drug-likeness (QED) is 0.719. The summed E-state index contributed by atoms with van der Waals surface area (Å²) in [7, 11) is 3.26.